The van der Waals surface area contributed by atoms with E-state index in [9.17, 15) is 0 Å². The van der Waals surface area contributed by atoms with Crippen LogP contribution in [0.1, 0.15) is 40.5 Å². The van der Waals surface area contributed by atoms with Crippen LogP contribution in [0, 0.1) is 0 Å². The van der Waals surface area contributed by atoms with Crippen molar-refractivity contribution in [3.63, 3.8) is 0 Å². The first-order chi connectivity index (χ1) is 5.89. The summed E-state index contributed by atoms with van der Waals surface area (Å²) in [4.78, 5) is 0. The Morgan fingerprint density at radius 2 is 1.69 bits per heavy atom. The maximum absolute atomic E-state index is 6.37. The van der Waals surface area contributed by atoms with Crippen LogP contribution < -0.4 is 0 Å². The van der Waals surface area contributed by atoms with Gasteiger partial charge in [0.05, 0.1) is 0 Å². The fourth-order valence-corrected chi connectivity index (χ4v) is 9.13. The predicted octanol–water partition coefficient (Wildman–Crippen LogP) is 5.06. The third kappa shape index (κ3) is 6.87. The van der Waals surface area contributed by atoms with Crippen molar-refractivity contribution < 1.29 is 0 Å². The van der Waals surface area contributed by atoms with Crippen LogP contribution in [0.25, 0.3) is 0 Å². The van der Waals surface area contributed by atoms with Gasteiger partial charge in [0.15, 0.2) is 0 Å². The van der Waals surface area contributed by atoms with Gasteiger partial charge in [0.25, 0.3) is 0 Å². The summed E-state index contributed by atoms with van der Waals surface area (Å²) in [7, 11) is 12.7. The van der Waals surface area contributed by atoms with Gasteiger partial charge in [-0.05, 0) is 0 Å². The van der Waals surface area contributed by atoms with E-state index < -0.39 is 11.4 Å². The molecule has 13 heavy (non-hydrogen) atoms. The van der Waals surface area contributed by atoms with Crippen molar-refractivity contribution in [2.75, 3.05) is 0 Å². The van der Waals surface area contributed by atoms with Crippen LogP contribution in [0.15, 0.2) is 11.1 Å². The quantitative estimate of drug-likeness (QED) is 0.488. The third-order valence-electron chi connectivity index (χ3n) is 2.27. The number of rotatable bonds is 5. The zero-order valence-corrected chi connectivity index (χ0v) is 12.7. The van der Waals surface area contributed by atoms with Crippen molar-refractivity contribution >= 4 is 31.4 Å². The van der Waals surface area contributed by atoms with Gasteiger partial charge in [-0.2, -0.15) is 0 Å². The molecular formula is C10H20Cl2Ge. The van der Waals surface area contributed by atoms with Gasteiger partial charge in [0, 0.05) is 0 Å². The molecule has 0 N–H and O–H groups in total. The van der Waals surface area contributed by atoms with Crippen LogP contribution in [-0.2, 0) is 0 Å². The molecule has 0 saturated carbocycles. The topological polar surface area (TPSA) is 0 Å². The van der Waals surface area contributed by atoms with Crippen molar-refractivity contribution in [3.8, 4) is 0 Å². The van der Waals surface area contributed by atoms with Gasteiger partial charge in [-0.3, -0.25) is 0 Å². The average Bonchev–Trinajstić information content (AvgIpc) is 2.00. The Bertz CT molecular complexity index is 181. The minimum atomic E-state index is -2.46. The standard InChI is InChI=1S/C10H20Cl2Ge/c1-5-6-7-13(11,12)8-10(4)9(2)3/h5-8H2,1-4H3. The van der Waals surface area contributed by atoms with Crippen LogP contribution >= 0.6 is 20.0 Å². The van der Waals surface area contributed by atoms with Gasteiger partial charge in [0.2, 0.25) is 0 Å². The van der Waals surface area contributed by atoms with Gasteiger partial charge >= 0.3 is 93.6 Å². The average molecular weight is 284 g/mol. The Labute approximate surface area is 93.4 Å². The molecule has 0 nitrogen and oxygen atoms in total. The number of halogens is 2. The number of hydrogen-bond donors (Lipinski definition) is 0. The van der Waals surface area contributed by atoms with Crippen molar-refractivity contribution in [2.24, 2.45) is 0 Å². The molecule has 0 fully saturated rings. The zero-order valence-electron chi connectivity index (χ0n) is 9.08. The van der Waals surface area contributed by atoms with Crippen molar-refractivity contribution in [1.29, 1.82) is 0 Å². The first-order valence-electron chi connectivity index (χ1n) is 4.90. The molecule has 78 valence electrons. The SMILES string of the molecule is CCC[CH2][Ge]([Cl])([Cl])[CH2]C(C)=C(C)C. The van der Waals surface area contributed by atoms with E-state index in [-0.39, 0.29) is 0 Å². The molecule has 0 amide bonds. The van der Waals surface area contributed by atoms with Crippen LogP contribution in [0.4, 0.5) is 0 Å². The van der Waals surface area contributed by atoms with Gasteiger partial charge in [0.1, 0.15) is 0 Å². The number of allylic oxidation sites excluding steroid dienone is 2. The molecule has 0 aliphatic carbocycles. The van der Waals surface area contributed by atoms with E-state index in [2.05, 4.69) is 27.7 Å². The summed E-state index contributed by atoms with van der Waals surface area (Å²) < 4.78 is 0. The fraction of sp³-hybridized carbons (Fsp3) is 0.800. The molecule has 0 radical (unpaired) electrons. The first kappa shape index (κ1) is 13.9. The van der Waals surface area contributed by atoms with Crippen LogP contribution in [-0.4, -0.2) is 11.4 Å². The van der Waals surface area contributed by atoms with Crippen LogP contribution in [0.5, 0.6) is 0 Å². The Morgan fingerprint density at radius 3 is 2.08 bits per heavy atom. The van der Waals surface area contributed by atoms with E-state index in [0.29, 0.717) is 0 Å². The van der Waals surface area contributed by atoms with Gasteiger partial charge in [-0.15, -0.1) is 0 Å². The monoisotopic (exact) mass is 284 g/mol. The molecule has 3 heteroatoms. The van der Waals surface area contributed by atoms with E-state index in [1.54, 1.807) is 0 Å². The Balaban J connectivity index is 4.09. The van der Waals surface area contributed by atoms with E-state index >= 15 is 0 Å². The zero-order chi connectivity index (χ0) is 10.5. The molecule has 0 aromatic rings. The van der Waals surface area contributed by atoms with Crippen molar-refractivity contribution in [2.45, 2.75) is 51.0 Å². The van der Waals surface area contributed by atoms with E-state index in [0.717, 1.165) is 10.5 Å². The van der Waals surface area contributed by atoms with Gasteiger partial charge in [-0.25, -0.2) is 0 Å². The van der Waals surface area contributed by atoms with Crippen LogP contribution in [0.3, 0.4) is 0 Å². The summed E-state index contributed by atoms with van der Waals surface area (Å²) in [6, 6.07) is 0. The third-order valence-corrected chi connectivity index (χ3v) is 10.1. The van der Waals surface area contributed by atoms with Gasteiger partial charge < -0.3 is 0 Å². The predicted molar refractivity (Wildman–Crippen MR) is 66.0 cm³/mol. The summed E-state index contributed by atoms with van der Waals surface area (Å²) in [5, 5.41) is 2.05. The minimum absolute atomic E-state index is 0.978. The Morgan fingerprint density at radius 1 is 1.15 bits per heavy atom. The Kier molecular flexibility index (Phi) is 6.79. The molecular weight excluding hydrogens is 264 g/mol. The van der Waals surface area contributed by atoms with E-state index in [4.69, 9.17) is 20.0 Å². The maximum atomic E-state index is 6.37. The molecule has 0 aromatic carbocycles. The summed E-state index contributed by atoms with van der Waals surface area (Å²) >= 11 is -2.46. The molecule has 0 aliphatic rings. The van der Waals surface area contributed by atoms with E-state index in [1.165, 1.54) is 24.0 Å². The molecule has 0 aromatic heterocycles. The summed E-state index contributed by atoms with van der Waals surface area (Å²) in [6.07, 6.45) is 2.38. The Hall–Kier alpha value is 0.863. The fourth-order valence-electron chi connectivity index (χ4n) is 1.09. The summed E-state index contributed by atoms with van der Waals surface area (Å²) in [5.74, 6) is 0. The number of hydrogen-bond acceptors (Lipinski definition) is 0. The van der Waals surface area contributed by atoms with E-state index in [1.807, 2.05) is 0 Å². The first-order valence-corrected chi connectivity index (χ1v) is 13.4. The molecule has 0 saturated heterocycles. The molecule has 0 spiro atoms. The molecule has 0 unspecified atom stereocenters. The summed E-state index contributed by atoms with van der Waals surface area (Å²) in [6.45, 7) is 8.58. The van der Waals surface area contributed by atoms with Crippen LogP contribution in [0.2, 0.25) is 10.5 Å². The normalized spacial score (nSPS) is 11.5. The second kappa shape index (κ2) is 6.37. The summed E-state index contributed by atoms with van der Waals surface area (Å²) in [5.41, 5.74) is 2.76. The molecule has 0 atom stereocenters. The van der Waals surface area contributed by atoms with Crippen molar-refractivity contribution in [1.82, 2.24) is 0 Å². The number of unbranched alkanes of at least 4 members (excludes halogenated alkanes) is 1. The van der Waals surface area contributed by atoms with Gasteiger partial charge in [-0.1, -0.05) is 0 Å². The molecule has 0 heterocycles. The molecule has 0 aliphatic heterocycles. The van der Waals surface area contributed by atoms with Crippen molar-refractivity contribution in [3.05, 3.63) is 11.1 Å². The molecule has 0 bridgehead atoms. The second-order valence-electron chi connectivity index (χ2n) is 3.92. The molecule has 0 rings (SSSR count). The second-order valence-corrected chi connectivity index (χ2v) is 17.8.